The number of nitrogens with one attached hydrogen (secondary N) is 1. The van der Waals surface area contributed by atoms with Crippen LogP contribution in [0.25, 0.3) is 0 Å². The second kappa shape index (κ2) is 5.74. The Morgan fingerprint density at radius 2 is 1.84 bits per heavy atom. The van der Waals surface area contributed by atoms with Crippen molar-refractivity contribution in [2.24, 2.45) is 0 Å². The number of phenols is 1. The van der Waals surface area contributed by atoms with Crippen LogP contribution in [0.5, 0.6) is 5.75 Å². The van der Waals surface area contributed by atoms with E-state index in [1.165, 1.54) is 10.4 Å². The SMILES string of the molecule is Oc1ccc([C@@H](c2cccs2)N2CCNCC2)cc1. The molecule has 0 saturated carbocycles. The van der Waals surface area contributed by atoms with E-state index in [4.69, 9.17) is 0 Å². The fraction of sp³-hybridized carbons (Fsp3) is 0.333. The number of benzene rings is 1. The highest BCUT2D eigenvalue weighted by Gasteiger charge is 2.24. The van der Waals surface area contributed by atoms with Crippen molar-refractivity contribution >= 4 is 11.3 Å². The van der Waals surface area contributed by atoms with Gasteiger partial charge in [0.25, 0.3) is 0 Å². The molecule has 4 heteroatoms. The lowest BCUT2D eigenvalue weighted by Gasteiger charge is -2.34. The van der Waals surface area contributed by atoms with Crippen LogP contribution in [-0.2, 0) is 0 Å². The third-order valence-electron chi connectivity index (χ3n) is 3.54. The molecule has 0 radical (unpaired) electrons. The quantitative estimate of drug-likeness (QED) is 0.902. The lowest BCUT2D eigenvalue weighted by atomic mass is 10.0. The zero-order valence-corrected chi connectivity index (χ0v) is 11.6. The molecule has 0 amide bonds. The van der Waals surface area contributed by atoms with Crippen molar-refractivity contribution in [1.82, 2.24) is 10.2 Å². The fourth-order valence-corrected chi connectivity index (χ4v) is 3.48. The van der Waals surface area contributed by atoms with Crippen molar-refractivity contribution in [3.63, 3.8) is 0 Å². The molecule has 0 spiro atoms. The molecule has 1 aromatic carbocycles. The van der Waals surface area contributed by atoms with Gasteiger partial charge in [0.2, 0.25) is 0 Å². The number of phenolic OH excluding ortho intramolecular Hbond substituents is 1. The van der Waals surface area contributed by atoms with Crippen molar-refractivity contribution in [3.8, 4) is 5.75 Å². The van der Waals surface area contributed by atoms with E-state index >= 15 is 0 Å². The predicted molar refractivity (Wildman–Crippen MR) is 78.7 cm³/mol. The smallest absolute Gasteiger partial charge is 0.115 e. The molecule has 2 heterocycles. The average Bonchev–Trinajstić information content (AvgIpc) is 2.96. The highest BCUT2D eigenvalue weighted by Crippen LogP contribution is 2.32. The van der Waals surface area contributed by atoms with Gasteiger partial charge < -0.3 is 10.4 Å². The molecular formula is C15H18N2OS. The molecule has 0 unspecified atom stereocenters. The summed E-state index contributed by atoms with van der Waals surface area (Å²) in [5.74, 6) is 0.328. The van der Waals surface area contributed by atoms with E-state index in [1.807, 2.05) is 12.1 Å². The molecule has 3 nitrogen and oxygen atoms in total. The van der Waals surface area contributed by atoms with Crippen LogP contribution in [-0.4, -0.2) is 36.2 Å². The van der Waals surface area contributed by atoms with Gasteiger partial charge in [-0.25, -0.2) is 0 Å². The molecule has 19 heavy (non-hydrogen) atoms. The fourth-order valence-electron chi connectivity index (χ4n) is 2.60. The Hall–Kier alpha value is -1.36. The third-order valence-corrected chi connectivity index (χ3v) is 4.46. The topological polar surface area (TPSA) is 35.5 Å². The second-order valence-electron chi connectivity index (χ2n) is 4.80. The van der Waals surface area contributed by atoms with E-state index in [2.05, 4.69) is 27.7 Å². The van der Waals surface area contributed by atoms with E-state index < -0.39 is 0 Å². The molecule has 2 N–H and O–H groups in total. The number of rotatable bonds is 3. The van der Waals surface area contributed by atoms with Gasteiger partial charge >= 0.3 is 0 Å². The minimum atomic E-state index is 0.308. The molecular weight excluding hydrogens is 256 g/mol. The van der Waals surface area contributed by atoms with Gasteiger partial charge in [-0.3, -0.25) is 4.90 Å². The summed E-state index contributed by atoms with van der Waals surface area (Å²) in [6.45, 7) is 4.20. The minimum absolute atomic E-state index is 0.308. The van der Waals surface area contributed by atoms with Crippen molar-refractivity contribution in [2.75, 3.05) is 26.2 Å². The first kappa shape index (κ1) is 12.7. The van der Waals surface area contributed by atoms with E-state index in [0.29, 0.717) is 11.8 Å². The molecule has 0 bridgehead atoms. The Labute approximate surface area is 117 Å². The van der Waals surface area contributed by atoms with Crippen molar-refractivity contribution in [2.45, 2.75) is 6.04 Å². The summed E-state index contributed by atoms with van der Waals surface area (Å²) in [6.07, 6.45) is 0. The highest BCUT2D eigenvalue weighted by atomic mass is 32.1. The van der Waals surface area contributed by atoms with Gasteiger partial charge in [0, 0.05) is 31.1 Å². The Morgan fingerprint density at radius 3 is 2.47 bits per heavy atom. The Bertz CT molecular complexity index is 503. The third kappa shape index (κ3) is 2.81. The van der Waals surface area contributed by atoms with Crippen molar-refractivity contribution in [3.05, 3.63) is 52.2 Å². The van der Waals surface area contributed by atoms with Crippen molar-refractivity contribution < 1.29 is 5.11 Å². The van der Waals surface area contributed by atoms with Crippen LogP contribution in [0, 0.1) is 0 Å². The number of aromatic hydroxyl groups is 1. The van der Waals surface area contributed by atoms with Crippen LogP contribution in [0.4, 0.5) is 0 Å². The average molecular weight is 274 g/mol. The molecule has 1 fully saturated rings. The van der Waals surface area contributed by atoms with Crippen LogP contribution < -0.4 is 5.32 Å². The first-order valence-electron chi connectivity index (χ1n) is 6.62. The van der Waals surface area contributed by atoms with E-state index in [-0.39, 0.29) is 0 Å². The summed E-state index contributed by atoms with van der Waals surface area (Å²) in [7, 11) is 0. The van der Waals surface area contributed by atoms with E-state index in [0.717, 1.165) is 26.2 Å². The predicted octanol–water partition coefficient (Wildman–Crippen LogP) is 2.45. The van der Waals surface area contributed by atoms with Crippen LogP contribution in [0.3, 0.4) is 0 Å². The Morgan fingerprint density at radius 1 is 1.11 bits per heavy atom. The number of piperazine rings is 1. The maximum absolute atomic E-state index is 9.46. The monoisotopic (exact) mass is 274 g/mol. The number of hydrogen-bond acceptors (Lipinski definition) is 4. The van der Waals surface area contributed by atoms with Gasteiger partial charge in [0.1, 0.15) is 5.75 Å². The molecule has 3 rings (SSSR count). The van der Waals surface area contributed by atoms with Crippen molar-refractivity contribution in [1.29, 1.82) is 0 Å². The zero-order chi connectivity index (χ0) is 13.1. The standard InChI is InChI=1S/C15H18N2OS/c18-13-5-3-12(4-6-13)15(14-2-1-11-19-14)17-9-7-16-8-10-17/h1-6,11,15-16,18H,7-10H2/t15-/m0/s1. The first-order valence-corrected chi connectivity index (χ1v) is 7.49. The summed E-state index contributed by atoms with van der Waals surface area (Å²) < 4.78 is 0. The lowest BCUT2D eigenvalue weighted by Crippen LogP contribution is -2.45. The molecule has 0 aliphatic carbocycles. The minimum Gasteiger partial charge on any atom is -0.508 e. The molecule has 100 valence electrons. The van der Waals surface area contributed by atoms with Crippen LogP contribution >= 0.6 is 11.3 Å². The first-order chi connectivity index (χ1) is 9.34. The molecule has 1 aliphatic heterocycles. The second-order valence-corrected chi connectivity index (χ2v) is 5.77. The van der Waals surface area contributed by atoms with Gasteiger partial charge in [-0.05, 0) is 29.1 Å². The van der Waals surface area contributed by atoms with Gasteiger partial charge in [-0.1, -0.05) is 18.2 Å². The molecule has 1 aromatic heterocycles. The molecule has 2 aromatic rings. The summed E-state index contributed by atoms with van der Waals surface area (Å²) in [6, 6.07) is 12.2. The normalized spacial score (nSPS) is 18.3. The Balaban J connectivity index is 1.93. The summed E-state index contributed by atoms with van der Waals surface area (Å²) >= 11 is 1.80. The number of nitrogens with zero attached hydrogens (tertiary/aromatic N) is 1. The van der Waals surface area contributed by atoms with Gasteiger partial charge in [-0.15, -0.1) is 11.3 Å². The van der Waals surface area contributed by atoms with Crippen LogP contribution in [0.15, 0.2) is 41.8 Å². The van der Waals surface area contributed by atoms with Crippen LogP contribution in [0.1, 0.15) is 16.5 Å². The number of hydrogen-bond donors (Lipinski definition) is 2. The number of thiophene rings is 1. The largest absolute Gasteiger partial charge is 0.508 e. The van der Waals surface area contributed by atoms with Gasteiger partial charge in [-0.2, -0.15) is 0 Å². The van der Waals surface area contributed by atoms with E-state index in [1.54, 1.807) is 23.5 Å². The molecule has 1 saturated heterocycles. The maximum Gasteiger partial charge on any atom is 0.115 e. The summed E-state index contributed by atoms with van der Waals surface area (Å²) in [5.41, 5.74) is 1.25. The summed E-state index contributed by atoms with van der Waals surface area (Å²) in [4.78, 5) is 3.88. The van der Waals surface area contributed by atoms with Gasteiger partial charge in [0.15, 0.2) is 0 Å². The molecule has 1 aliphatic rings. The van der Waals surface area contributed by atoms with E-state index in [9.17, 15) is 5.11 Å². The van der Waals surface area contributed by atoms with Gasteiger partial charge in [0.05, 0.1) is 6.04 Å². The Kier molecular flexibility index (Phi) is 3.82. The van der Waals surface area contributed by atoms with Crippen LogP contribution in [0.2, 0.25) is 0 Å². The molecule has 1 atom stereocenters. The lowest BCUT2D eigenvalue weighted by molar-refractivity contribution is 0.200. The highest BCUT2D eigenvalue weighted by molar-refractivity contribution is 7.10. The maximum atomic E-state index is 9.46. The summed E-state index contributed by atoms with van der Waals surface area (Å²) in [5, 5.41) is 15.0. The zero-order valence-electron chi connectivity index (χ0n) is 10.7.